The second-order valence-electron chi connectivity index (χ2n) is 7.10. The van der Waals surface area contributed by atoms with Crippen LogP contribution in [0, 0.1) is 0 Å². The molecule has 33 heavy (non-hydrogen) atoms. The van der Waals surface area contributed by atoms with E-state index < -0.39 is 0 Å². The quantitative estimate of drug-likeness (QED) is 0.409. The van der Waals surface area contributed by atoms with Crippen molar-refractivity contribution in [2.75, 3.05) is 12.4 Å². The molecule has 0 aliphatic heterocycles. The minimum absolute atomic E-state index is 0.314. The molecule has 9 heteroatoms. The second kappa shape index (κ2) is 8.68. The summed E-state index contributed by atoms with van der Waals surface area (Å²) in [4.78, 5) is 17.0. The molecule has 0 aliphatic carbocycles. The van der Waals surface area contributed by atoms with Crippen LogP contribution in [-0.4, -0.2) is 37.8 Å². The van der Waals surface area contributed by atoms with Crippen molar-refractivity contribution in [2.45, 2.75) is 0 Å². The van der Waals surface area contributed by atoms with Gasteiger partial charge in [0.1, 0.15) is 11.4 Å². The SMILES string of the molecule is COc1ccc(Cl)cc1C(=O)Nc1ccc(-c2ccc3nnc(-c4ccccn4)n3n2)cc1. The van der Waals surface area contributed by atoms with E-state index in [0.717, 1.165) is 11.3 Å². The van der Waals surface area contributed by atoms with Crippen molar-refractivity contribution in [2.24, 2.45) is 0 Å². The molecule has 3 heterocycles. The number of rotatable bonds is 5. The molecule has 0 saturated heterocycles. The number of aromatic nitrogens is 5. The number of methoxy groups -OCH3 is 1. The van der Waals surface area contributed by atoms with Gasteiger partial charge in [0.2, 0.25) is 5.82 Å². The third kappa shape index (κ3) is 4.11. The molecule has 0 unspecified atom stereocenters. The van der Waals surface area contributed by atoms with Crippen molar-refractivity contribution in [3.05, 3.63) is 89.6 Å². The van der Waals surface area contributed by atoms with Gasteiger partial charge in [-0.1, -0.05) is 29.8 Å². The molecule has 0 aliphatic rings. The van der Waals surface area contributed by atoms with Crippen LogP contribution in [0.5, 0.6) is 5.75 Å². The zero-order chi connectivity index (χ0) is 22.8. The summed E-state index contributed by atoms with van der Waals surface area (Å²) < 4.78 is 6.93. The van der Waals surface area contributed by atoms with E-state index in [1.807, 2.05) is 54.6 Å². The number of benzene rings is 2. The van der Waals surface area contributed by atoms with Crippen LogP contribution in [0.15, 0.2) is 79.0 Å². The highest BCUT2D eigenvalue weighted by Gasteiger charge is 2.14. The highest BCUT2D eigenvalue weighted by molar-refractivity contribution is 6.31. The van der Waals surface area contributed by atoms with Crippen LogP contribution in [0.1, 0.15) is 10.4 Å². The molecule has 0 radical (unpaired) electrons. The molecule has 162 valence electrons. The summed E-state index contributed by atoms with van der Waals surface area (Å²) in [5, 5.41) is 16.4. The average Bonchev–Trinajstić information content (AvgIpc) is 3.28. The first-order valence-electron chi connectivity index (χ1n) is 10.0. The van der Waals surface area contributed by atoms with Crippen molar-refractivity contribution in [3.8, 4) is 28.5 Å². The standard InChI is InChI=1S/C24H17ClN6O2/c1-33-21-11-7-16(25)14-18(21)24(32)27-17-8-5-15(6-9-17)19-10-12-22-28-29-23(31(22)30-19)20-4-2-3-13-26-20/h2-14H,1H3,(H,27,32). The van der Waals surface area contributed by atoms with E-state index in [4.69, 9.17) is 16.3 Å². The number of nitrogens with zero attached hydrogens (tertiary/aromatic N) is 5. The molecule has 3 aromatic heterocycles. The van der Waals surface area contributed by atoms with Gasteiger partial charge in [-0.3, -0.25) is 9.78 Å². The van der Waals surface area contributed by atoms with Gasteiger partial charge < -0.3 is 10.1 Å². The van der Waals surface area contributed by atoms with Crippen molar-refractivity contribution in [1.29, 1.82) is 0 Å². The monoisotopic (exact) mass is 456 g/mol. The smallest absolute Gasteiger partial charge is 0.259 e. The van der Waals surface area contributed by atoms with Crippen molar-refractivity contribution < 1.29 is 9.53 Å². The van der Waals surface area contributed by atoms with Crippen molar-refractivity contribution >= 4 is 28.8 Å². The lowest BCUT2D eigenvalue weighted by molar-refractivity contribution is 0.102. The van der Waals surface area contributed by atoms with Gasteiger partial charge in [0.15, 0.2) is 5.65 Å². The van der Waals surface area contributed by atoms with Crippen LogP contribution < -0.4 is 10.1 Å². The Morgan fingerprint density at radius 2 is 1.82 bits per heavy atom. The number of hydrogen-bond acceptors (Lipinski definition) is 6. The van der Waals surface area contributed by atoms with Crippen LogP contribution in [0.3, 0.4) is 0 Å². The lowest BCUT2D eigenvalue weighted by Gasteiger charge is -2.10. The first kappa shape index (κ1) is 20.6. The minimum atomic E-state index is -0.314. The predicted molar refractivity (Wildman–Crippen MR) is 125 cm³/mol. The highest BCUT2D eigenvalue weighted by Crippen LogP contribution is 2.25. The van der Waals surface area contributed by atoms with E-state index in [1.165, 1.54) is 7.11 Å². The molecule has 1 N–H and O–H groups in total. The number of carbonyl (C=O) groups excluding carboxylic acids is 1. The highest BCUT2D eigenvalue weighted by atomic mass is 35.5. The van der Waals surface area contributed by atoms with Gasteiger partial charge in [-0.2, -0.15) is 9.61 Å². The normalized spacial score (nSPS) is 10.8. The molecule has 0 fully saturated rings. The number of nitrogens with one attached hydrogen (secondary N) is 1. The molecule has 2 aromatic carbocycles. The fourth-order valence-corrected chi connectivity index (χ4v) is 3.55. The van der Waals surface area contributed by atoms with E-state index in [1.54, 1.807) is 28.9 Å². The summed E-state index contributed by atoms with van der Waals surface area (Å²) in [6, 6.07) is 21.6. The zero-order valence-corrected chi connectivity index (χ0v) is 18.2. The number of halogens is 1. The maximum absolute atomic E-state index is 12.7. The Morgan fingerprint density at radius 1 is 0.970 bits per heavy atom. The third-order valence-corrected chi connectivity index (χ3v) is 5.24. The Balaban J connectivity index is 1.41. The molecule has 0 saturated carbocycles. The fourth-order valence-electron chi connectivity index (χ4n) is 3.38. The topological polar surface area (TPSA) is 94.3 Å². The van der Waals surface area contributed by atoms with Crippen LogP contribution in [0.2, 0.25) is 5.02 Å². The maximum Gasteiger partial charge on any atom is 0.259 e. The number of carbonyl (C=O) groups is 1. The fraction of sp³-hybridized carbons (Fsp3) is 0.0417. The third-order valence-electron chi connectivity index (χ3n) is 5.00. The molecule has 0 atom stereocenters. The Labute approximate surface area is 193 Å². The molecule has 1 amide bonds. The minimum Gasteiger partial charge on any atom is -0.496 e. The van der Waals surface area contributed by atoms with E-state index in [9.17, 15) is 4.79 Å². The van der Waals surface area contributed by atoms with Gasteiger partial charge in [-0.15, -0.1) is 10.2 Å². The van der Waals surface area contributed by atoms with E-state index in [2.05, 4.69) is 25.6 Å². The molecule has 0 spiro atoms. The van der Waals surface area contributed by atoms with Gasteiger partial charge in [0.05, 0.1) is 18.4 Å². The molecule has 0 bridgehead atoms. The van der Waals surface area contributed by atoms with Crippen LogP contribution in [-0.2, 0) is 0 Å². The number of hydrogen-bond donors (Lipinski definition) is 1. The van der Waals surface area contributed by atoms with Crippen molar-refractivity contribution in [3.63, 3.8) is 0 Å². The summed E-state index contributed by atoms with van der Waals surface area (Å²) in [5.41, 5.74) is 3.90. The Morgan fingerprint density at radius 3 is 2.58 bits per heavy atom. The van der Waals surface area contributed by atoms with Gasteiger partial charge in [0.25, 0.3) is 5.91 Å². The molecular weight excluding hydrogens is 440 g/mol. The summed E-state index contributed by atoms with van der Waals surface area (Å²) in [7, 11) is 1.51. The number of ether oxygens (including phenoxy) is 1. The van der Waals surface area contributed by atoms with E-state index in [-0.39, 0.29) is 5.91 Å². The van der Waals surface area contributed by atoms with Crippen LogP contribution in [0.4, 0.5) is 5.69 Å². The Hall–Kier alpha value is -4.30. The first-order valence-corrected chi connectivity index (χ1v) is 10.4. The van der Waals surface area contributed by atoms with Gasteiger partial charge in [-0.25, -0.2) is 0 Å². The molecule has 8 nitrogen and oxygen atoms in total. The van der Waals surface area contributed by atoms with Gasteiger partial charge in [0, 0.05) is 22.5 Å². The summed E-state index contributed by atoms with van der Waals surface area (Å²) in [6.45, 7) is 0. The van der Waals surface area contributed by atoms with Gasteiger partial charge in [-0.05, 0) is 54.6 Å². The summed E-state index contributed by atoms with van der Waals surface area (Å²) in [5.74, 6) is 0.696. The summed E-state index contributed by atoms with van der Waals surface area (Å²) >= 11 is 6.04. The lowest BCUT2D eigenvalue weighted by Crippen LogP contribution is -2.13. The molecule has 5 rings (SSSR count). The van der Waals surface area contributed by atoms with Gasteiger partial charge >= 0.3 is 0 Å². The first-order chi connectivity index (χ1) is 16.1. The Kier molecular flexibility index (Phi) is 5.42. The average molecular weight is 457 g/mol. The predicted octanol–water partition coefficient (Wildman–Crippen LogP) is 4.77. The second-order valence-corrected chi connectivity index (χ2v) is 7.54. The Bertz CT molecular complexity index is 1450. The van der Waals surface area contributed by atoms with Crippen molar-refractivity contribution in [1.82, 2.24) is 24.8 Å². The number of amides is 1. The molecular formula is C24H17ClN6O2. The van der Waals surface area contributed by atoms with Crippen LogP contribution in [0.25, 0.3) is 28.4 Å². The van der Waals surface area contributed by atoms with E-state index in [0.29, 0.717) is 39.2 Å². The lowest BCUT2D eigenvalue weighted by atomic mass is 10.1. The molecule has 5 aromatic rings. The zero-order valence-electron chi connectivity index (χ0n) is 17.4. The van der Waals surface area contributed by atoms with E-state index >= 15 is 0 Å². The largest absolute Gasteiger partial charge is 0.496 e. The number of anilines is 1. The summed E-state index contributed by atoms with van der Waals surface area (Å²) in [6.07, 6.45) is 1.70. The maximum atomic E-state index is 12.7. The number of fused-ring (bicyclic) bond motifs is 1. The number of pyridine rings is 1. The van der Waals surface area contributed by atoms with Crippen LogP contribution >= 0.6 is 11.6 Å².